The molecule has 20 heavy (non-hydrogen) atoms. The minimum Gasteiger partial charge on any atom is -0.322 e. The normalized spacial score (nSPS) is 9.90. The van der Waals surface area contributed by atoms with Crippen LogP contribution >= 0.6 is 0 Å². The lowest BCUT2D eigenvalue weighted by molar-refractivity contribution is 0.102. The van der Waals surface area contributed by atoms with Crippen LogP contribution in [0.1, 0.15) is 21.5 Å². The molecule has 0 fully saturated rings. The van der Waals surface area contributed by atoms with Crippen LogP contribution < -0.4 is 5.32 Å². The molecule has 1 N–H and O–H groups in total. The minimum atomic E-state index is -0.694. The first-order valence-corrected chi connectivity index (χ1v) is 5.79. The number of halogens is 2. The van der Waals surface area contributed by atoms with Gasteiger partial charge < -0.3 is 5.32 Å². The highest BCUT2D eigenvalue weighted by molar-refractivity contribution is 6.04. The Labute approximate surface area is 114 Å². The third kappa shape index (κ3) is 2.64. The topological polar surface area (TPSA) is 52.9 Å². The largest absolute Gasteiger partial charge is 0.322 e. The van der Waals surface area contributed by atoms with Gasteiger partial charge in [0.15, 0.2) is 0 Å². The van der Waals surface area contributed by atoms with Gasteiger partial charge in [-0.25, -0.2) is 8.78 Å². The van der Waals surface area contributed by atoms with Gasteiger partial charge in [0, 0.05) is 11.3 Å². The van der Waals surface area contributed by atoms with Gasteiger partial charge in [-0.05, 0) is 31.2 Å². The second-order valence-electron chi connectivity index (χ2n) is 4.18. The molecule has 5 heteroatoms. The molecule has 2 aromatic carbocycles. The fourth-order valence-electron chi connectivity index (χ4n) is 1.71. The second kappa shape index (κ2) is 5.49. The van der Waals surface area contributed by atoms with Crippen LogP contribution in [0.25, 0.3) is 0 Å². The summed E-state index contributed by atoms with van der Waals surface area (Å²) in [6.45, 7) is 1.47. The molecule has 3 nitrogen and oxygen atoms in total. The zero-order valence-corrected chi connectivity index (χ0v) is 10.6. The summed E-state index contributed by atoms with van der Waals surface area (Å²) in [5.41, 5.74) is 0.273. The van der Waals surface area contributed by atoms with E-state index in [-0.39, 0.29) is 22.4 Å². The maximum atomic E-state index is 13.6. The molecular formula is C15H10F2N2O. The number of benzene rings is 2. The van der Waals surface area contributed by atoms with Gasteiger partial charge >= 0.3 is 0 Å². The molecule has 2 aromatic rings. The van der Waals surface area contributed by atoms with Crippen LogP contribution in [0, 0.1) is 29.9 Å². The molecule has 0 aliphatic rings. The molecule has 0 aliphatic heterocycles. The number of nitrogens with zero attached hydrogens (tertiary/aromatic N) is 1. The Bertz CT molecular complexity index is 720. The van der Waals surface area contributed by atoms with Crippen molar-refractivity contribution in [2.24, 2.45) is 0 Å². The molecule has 0 atom stereocenters. The highest BCUT2D eigenvalue weighted by Crippen LogP contribution is 2.21. The number of carbonyl (C=O) groups is 1. The minimum absolute atomic E-state index is 0.0805. The van der Waals surface area contributed by atoms with Crippen LogP contribution in [0.3, 0.4) is 0 Å². The Morgan fingerprint density at radius 2 is 1.90 bits per heavy atom. The molecule has 0 spiro atoms. The van der Waals surface area contributed by atoms with Crippen molar-refractivity contribution < 1.29 is 13.6 Å². The summed E-state index contributed by atoms with van der Waals surface area (Å²) in [6, 6.07) is 9.69. The van der Waals surface area contributed by atoms with Crippen molar-refractivity contribution in [3.8, 4) is 6.07 Å². The first kappa shape index (κ1) is 13.7. The number of anilines is 1. The van der Waals surface area contributed by atoms with Crippen molar-refractivity contribution in [1.29, 1.82) is 5.26 Å². The van der Waals surface area contributed by atoms with E-state index in [1.54, 1.807) is 6.07 Å². The van der Waals surface area contributed by atoms with E-state index in [4.69, 9.17) is 5.26 Å². The van der Waals surface area contributed by atoms with E-state index in [1.165, 1.54) is 31.2 Å². The number of amides is 1. The first-order chi connectivity index (χ1) is 9.52. The third-order valence-corrected chi connectivity index (χ3v) is 2.84. The molecule has 2 rings (SSSR count). The molecule has 0 unspecified atom stereocenters. The van der Waals surface area contributed by atoms with Gasteiger partial charge in [0.2, 0.25) is 0 Å². The van der Waals surface area contributed by atoms with Crippen LogP contribution in [0.4, 0.5) is 14.5 Å². The van der Waals surface area contributed by atoms with Crippen molar-refractivity contribution in [3.63, 3.8) is 0 Å². The summed E-state index contributed by atoms with van der Waals surface area (Å²) < 4.78 is 27.1. The van der Waals surface area contributed by atoms with Crippen LogP contribution in [-0.2, 0) is 0 Å². The maximum absolute atomic E-state index is 13.6. The molecule has 0 aliphatic carbocycles. The predicted octanol–water partition coefficient (Wildman–Crippen LogP) is 3.40. The number of carbonyl (C=O) groups excluding carboxylic acids is 1. The van der Waals surface area contributed by atoms with Crippen LogP contribution in [-0.4, -0.2) is 5.91 Å². The second-order valence-corrected chi connectivity index (χ2v) is 4.18. The van der Waals surface area contributed by atoms with Crippen LogP contribution in [0.2, 0.25) is 0 Å². The molecule has 100 valence electrons. The SMILES string of the molecule is Cc1c(F)cc(C#N)cc1NC(=O)c1ccccc1F. The van der Waals surface area contributed by atoms with E-state index in [1.807, 2.05) is 0 Å². The van der Waals surface area contributed by atoms with Crippen molar-refractivity contribution in [2.75, 3.05) is 5.32 Å². The average Bonchev–Trinajstić information content (AvgIpc) is 2.43. The molecule has 0 aromatic heterocycles. The molecule has 1 amide bonds. The summed E-state index contributed by atoms with van der Waals surface area (Å²) in [6.07, 6.45) is 0. The van der Waals surface area contributed by atoms with Gasteiger partial charge in [-0.1, -0.05) is 12.1 Å². The van der Waals surface area contributed by atoms with Crippen molar-refractivity contribution in [2.45, 2.75) is 6.92 Å². The Morgan fingerprint density at radius 1 is 1.20 bits per heavy atom. The van der Waals surface area contributed by atoms with Crippen molar-refractivity contribution in [3.05, 3.63) is 64.7 Å². The Kier molecular flexibility index (Phi) is 3.76. The lowest BCUT2D eigenvalue weighted by Gasteiger charge is -2.10. The zero-order chi connectivity index (χ0) is 14.7. The van der Waals surface area contributed by atoms with Crippen molar-refractivity contribution >= 4 is 11.6 Å². The highest BCUT2D eigenvalue weighted by atomic mass is 19.1. The number of rotatable bonds is 2. The summed E-state index contributed by atoms with van der Waals surface area (Å²) >= 11 is 0. The average molecular weight is 272 g/mol. The number of nitrogens with one attached hydrogen (secondary N) is 1. The monoisotopic (exact) mass is 272 g/mol. The van der Waals surface area contributed by atoms with Gasteiger partial charge in [0.05, 0.1) is 17.2 Å². The van der Waals surface area contributed by atoms with E-state index in [0.29, 0.717) is 0 Å². The van der Waals surface area contributed by atoms with Crippen LogP contribution in [0.5, 0.6) is 0 Å². The third-order valence-electron chi connectivity index (χ3n) is 2.84. The zero-order valence-electron chi connectivity index (χ0n) is 10.6. The Balaban J connectivity index is 2.36. The van der Waals surface area contributed by atoms with E-state index in [2.05, 4.69) is 5.32 Å². The number of hydrogen-bond donors (Lipinski definition) is 1. The Hall–Kier alpha value is -2.74. The highest BCUT2D eigenvalue weighted by Gasteiger charge is 2.14. The van der Waals surface area contributed by atoms with E-state index >= 15 is 0 Å². The van der Waals surface area contributed by atoms with Gasteiger partial charge in [-0.3, -0.25) is 4.79 Å². The van der Waals surface area contributed by atoms with Gasteiger partial charge in [0.1, 0.15) is 11.6 Å². The first-order valence-electron chi connectivity index (χ1n) is 5.79. The van der Waals surface area contributed by atoms with E-state index in [0.717, 1.165) is 12.1 Å². The molecule has 0 radical (unpaired) electrons. The van der Waals surface area contributed by atoms with E-state index < -0.39 is 17.5 Å². The van der Waals surface area contributed by atoms with Gasteiger partial charge in [-0.15, -0.1) is 0 Å². The predicted molar refractivity (Wildman–Crippen MR) is 70.2 cm³/mol. The summed E-state index contributed by atoms with van der Waals surface area (Å²) in [5.74, 6) is -1.96. The summed E-state index contributed by atoms with van der Waals surface area (Å²) in [4.78, 5) is 11.9. The number of hydrogen-bond acceptors (Lipinski definition) is 2. The fraction of sp³-hybridized carbons (Fsp3) is 0.0667. The number of nitriles is 1. The molecular weight excluding hydrogens is 262 g/mol. The van der Waals surface area contributed by atoms with Crippen LogP contribution in [0.15, 0.2) is 36.4 Å². The quantitative estimate of drug-likeness (QED) is 0.911. The fourth-order valence-corrected chi connectivity index (χ4v) is 1.71. The molecule has 0 saturated heterocycles. The molecule has 0 saturated carbocycles. The van der Waals surface area contributed by atoms with Crippen molar-refractivity contribution in [1.82, 2.24) is 0 Å². The summed E-state index contributed by atoms with van der Waals surface area (Å²) in [7, 11) is 0. The van der Waals surface area contributed by atoms with Gasteiger partial charge in [-0.2, -0.15) is 5.26 Å². The lowest BCUT2D eigenvalue weighted by Crippen LogP contribution is -2.15. The smallest absolute Gasteiger partial charge is 0.258 e. The van der Waals surface area contributed by atoms with Gasteiger partial charge in [0.25, 0.3) is 5.91 Å². The van der Waals surface area contributed by atoms with E-state index in [9.17, 15) is 13.6 Å². The standard InChI is InChI=1S/C15H10F2N2O/c1-9-13(17)6-10(8-18)7-14(9)19-15(20)11-4-2-3-5-12(11)16/h2-7H,1H3,(H,19,20). The maximum Gasteiger partial charge on any atom is 0.258 e. The Morgan fingerprint density at radius 3 is 2.55 bits per heavy atom. The summed E-state index contributed by atoms with van der Waals surface area (Å²) in [5, 5.41) is 11.2. The molecule has 0 bridgehead atoms. The molecule has 0 heterocycles. The lowest BCUT2D eigenvalue weighted by atomic mass is 10.1.